The van der Waals surface area contributed by atoms with Crippen LogP contribution in [0.15, 0.2) is 30.3 Å². The molecule has 16 heavy (non-hydrogen) atoms. The molecule has 1 atom stereocenters. The Kier molecular flexibility index (Phi) is 3.61. The summed E-state index contributed by atoms with van der Waals surface area (Å²) in [5.41, 5.74) is 6.14. The van der Waals surface area contributed by atoms with Gasteiger partial charge in [-0.1, -0.05) is 18.2 Å². The van der Waals surface area contributed by atoms with Gasteiger partial charge in [0.1, 0.15) is 0 Å². The fraction of sp³-hybridized carbons (Fsp3) is 0.286. The van der Waals surface area contributed by atoms with Crippen molar-refractivity contribution in [2.75, 3.05) is 0 Å². The van der Waals surface area contributed by atoms with Crippen LogP contribution in [-0.2, 0) is 0 Å². The van der Waals surface area contributed by atoms with Crippen molar-refractivity contribution in [3.05, 3.63) is 35.2 Å². The second kappa shape index (κ2) is 5.16. The molecule has 2 rings (SSSR count). The molecular weight excluding hydrogens is 214 g/mol. The Labute approximate surface area is 100 Å². The average Bonchev–Trinajstić information content (AvgIpc) is 2.73. The van der Waals surface area contributed by atoms with Gasteiger partial charge in [0.25, 0.3) is 0 Å². The highest BCUT2D eigenvalue weighted by Crippen LogP contribution is 2.30. The maximum absolute atomic E-state index is 6.14. The van der Waals surface area contributed by atoms with Crippen LogP contribution in [0.1, 0.15) is 30.7 Å². The molecule has 0 aliphatic heterocycles. The first-order valence-corrected chi connectivity index (χ1v) is 6.26. The van der Waals surface area contributed by atoms with Crippen LogP contribution in [0, 0.1) is 11.8 Å². The van der Waals surface area contributed by atoms with Crippen LogP contribution in [0.25, 0.3) is 10.1 Å². The van der Waals surface area contributed by atoms with Crippen LogP contribution in [-0.4, -0.2) is 0 Å². The van der Waals surface area contributed by atoms with E-state index in [9.17, 15) is 0 Å². The van der Waals surface area contributed by atoms with Crippen LogP contribution in [0.2, 0.25) is 0 Å². The maximum atomic E-state index is 6.14. The molecule has 2 heteroatoms. The third-order valence-electron chi connectivity index (χ3n) is 2.57. The van der Waals surface area contributed by atoms with Crippen LogP contribution >= 0.6 is 11.3 Å². The average molecular weight is 229 g/mol. The normalized spacial score (nSPS) is 12.1. The van der Waals surface area contributed by atoms with E-state index >= 15 is 0 Å². The molecule has 0 aliphatic carbocycles. The van der Waals surface area contributed by atoms with E-state index in [1.807, 2.05) is 6.92 Å². The van der Waals surface area contributed by atoms with Crippen LogP contribution in [0.3, 0.4) is 0 Å². The molecule has 0 bridgehead atoms. The van der Waals surface area contributed by atoms with Gasteiger partial charge in [0.15, 0.2) is 0 Å². The van der Waals surface area contributed by atoms with Crippen molar-refractivity contribution >= 4 is 21.4 Å². The molecule has 0 fully saturated rings. The molecular formula is C14H15NS. The van der Waals surface area contributed by atoms with Gasteiger partial charge in [-0.15, -0.1) is 23.2 Å². The zero-order valence-corrected chi connectivity index (χ0v) is 10.2. The van der Waals surface area contributed by atoms with Crippen molar-refractivity contribution in [3.63, 3.8) is 0 Å². The van der Waals surface area contributed by atoms with Gasteiger partial charge in [0, 0.05) is 22.0 Å². The Bertz CT molecular complexity index is 497. The highest BCUT2D eigenvalue weighted by molar-refractivity contribution is 7.19. The van der Waals surface area contributed by atoms with E-state index < -0.39 is 0 Å². The third kappa shape index (κ3) is 2.44. The Morgan fingerprint density at radius 2 is 2.19 bits per heavy atom. The maximum Gasteiger partial charge on any atom is 0.0399 e. The summed E-state index contributed by atoms with van der Waals surface area (Å²) in [4.78, 5) is 1.26. The first-order valence-electron chi connectivity index (χ1n) is 5.45. The van der Waals surface area contributed by atoms with E-state index in [1.54, 1.807) is 11.3 Å². The molecule has 0 saturated carbocycles. The Morgan fingerprint density at radius 1 is 1.38 bits per heavy atom. The quantitative estimate of drug-likeness (QED) is 0.798. The van der Waals surface area contributed by atoms with E-state index in [0.717, 1.165) is 12.8 Å². The number of benzene rings is 1. The summed E-state index contributed by atoms with van der Waals surface area (Å²) in [6.45, 7) is 1.87. The SMILES string of the molecule is CC#CCCC(N)c1cc2ccccc2s1. The predicted molar refractivity (Wildman–Crippen MR) is 71.4 cm³/mol. The molecule has 1 heterocycles. The summed E-state index contributed by atoms with van der Waals surface area (Å²) >= 11 is 1.79. The zero-order valence-electron chi connectivity index (χ0n) is 9.36. The highest BCUT2D eigenvalue weighted by Gasteiger charge is 2.08. The number of hydrogen-bond acceptors (Lipinski definition) is 2. The molecule has 0 saturated heterocycles. The van der Waals surface area contributed by atoms with Gasteiger partial charge < -0.3 is 5.73 Å². The molecule has 0 radical (unpaired) electrons. The van der Waals surface area contributed by atoms with E-state index in [-0.39, 0.29) is 6.04 Å². The Hall–Kier alpha value is -1.30. The summed E-state index contributed by atoms with van der Waals surface area (Å²) in [6, 6.07) is 10.7. The topological polar surface area (TPSA) is 26.0 Å². The molecule has 1 aromatic heterocycles. The van der Waals surface area contributed by atoms with E-state index in [1.165, 1.54) is 15.0 Å². The Balaban J connectivity index is 2.15. The largest absolute Gasteiger partial charge is 0.323 e. The molecule has 2 aromatic rings. The van der Waals surface area contributed by atoms with E-state index in [0.29, 0.717) is 0 Å². The lowest BCUT2D eigenvalue weighted by atomic mass is 10.1. The van der Waals surface area contributed by atoms with Crippen molar-refractivity contribution in [3.8, 4) is 11.8 Å². The minimum absolute atomic E-state index is 0.123. The Morgan fingerprint density at radius 3 is 2.94 bits per heavy atom. The van der Waals surface area contributed by atoms with E-state index in [4.69, 9.17) is 5.73 Å². The van der Waals surface area contributed by atoms with Crippen molar-refractivity contribution < 1.29 is 0 Å². The number of thiophene rings is 1. The first-order chi connectivity index (χ1) is 7.81. The monoisotopic (exact) mass is 229 g/mol. The summed E-state index contributed by atoms with van der Waals surface area (Å²) < 4.78 is 1.31. The van der Waals surface area contributed by atoms with Crippen LogP contribution < -0.4 is 5.73 Å². The number of rotatable bonds is 3. The molecule has 82 valence electrons. The number of fused-ring (bicyclic) bond motifs is 1. The lowest BCUT2D eigenvalue weighted by Gasteiger charge is -2.05. The fourth-order valence-electron chi connectivity index (χ4n) is 1.68. The second-order valence-corrected chi connectivity index (χ2v) is 4.87. The van der Waals surface area contributed by atoms with Crippen molar-refractivity contribution in [1.82, 2.24) is 0 Å². The number of nitrogens with two attached hydrogens (primary N) is 1. The second-order valence-electron chi connectivity index (χ2n) is 3.76. The number of hydrogen-bond donors (Lipinski definition) is 1. The molecule has 0 amide bonds. The van der Waals surface area contributed by atoms with Gasteiger partial charge >= 0.3 is 0 Å². The van der Waals surface area contributed by atoms with Gasteiger partial charge in [0.2, 0.25) is 0 Å². The standard InChI is InChI=1S/C14H15NS/c1-2-3-4-8-12(15)14-10-11-7-5-6-9-13(11)16-14/h5-7,9-10,12H,4,8,15H2,1H3. The van der Waals surface area contributed by atoms with Crippen molar-refractivity contribution in [1.29, 1.82) is 0 Å². The molecule has 1 nitrogen and oxygen atoms in total. The summed E-state index contributed by atoms with van der Waals surface area (Å²) in [6.07, 6.45) is 1.82. The van der Waals surface area contributed by atoms with Crippen LogP contribution in [0.5, 0.6) is 0 Å². The van der Waals surface area contributed by atoms with Crippen molar-refractivity contribution in [2.45, 2.75) is 25.8 Å². The minimum Gasteiger partial charge on any atom is -0.323 e. The lowest BCUT2D eigenvalue weighted by molar-refractivity contribution is 0.680. The molecule has 0 spiro atoms. The lowest BCUT2D eigenvalue weighted by Crippen LogP contribution is -2.07. The van der Waals surface area contributed by atoms with Gasteiger partial charge in [-0.3, -0.25) is 0 Å². The third-order valence-corrected chi connectivity index (χ3v) is 3.82. The smallest absolute Gasteiger partial charge is 0.0399 e. The van der Waals surface area contributed by atoms with Crippen LogP contribution in [0.4, 0.5) is 0 Å². The van der Waals surface area contributed by atoms with Gasteiger partial charge in [0.05, 0.1) is 0 Å². The molecule has 1 aromatic carbocycles. The zero-order chi connectivity index (χ0) is 11.4. The van der Waals surface area contributed by atoms with Gasteiger partial charge in [-0.05, 0) is 30.9 Å². The predicted octanol–water partition coefficient (Wildman–Crippen LogP) is 3.70. The molecule has 0 aliphatic rings. The highest BCUT2D eigenvalue weighted by atomic mass is 32.1. The van der Waals surface area contributed by atoms with Gasteiger partial charge in [-0.2, -0.15) is 0 Å². The fourth-order valence-corrected chi connectivity index (χ4v) is 2.78. The first kappa shape index (κ1) is 11.2. The summed E-state index contributed by atoms with van der Waals surface area (Å²) in [5.74, 6) is 5.96. The van der Waals surface area contributed by atoms with Gasteiger partial charge in [-0.25, -0.2) is 0 Å². The van der Waals surface area contributed by atoms with Crippen molar-refractivity contribution in [2.24, 2.45) is 5.73 Å². The summed E-state index contributed by atoms with van der Waals surface area (Å²) in [7, 11) is 0. The summed E-state index contributed by atoms with van der Waals surface area (Å²) in [5, 5.41) is 1.29. The molecule has 1 unspecified atom stereocenters. The van der Waals surface area contributed by atoms with E-state index in [2.05, 4.69) is 42.2 Å². The molecule has 2 N–H and O–H groups in total. The minimum atomic E-state index is 0.123.